The van der Waals surface area contributed by atoms with Crippen molar-refractivity contribution in [3.05, 3.63) is 89.1 Å². The Morgan fingerprint density at radius 3 is 2.86 bits per heavy atom. The van der Waals surface area contributed by atoms with Gasteiger partial charge in [0.25, 0.3) is 5.56 Å². The molecule has 4 aromatic heterocycles. The van der Waals surface area contributed by atoms with E-state index in [-0.39, 0.29) is 5.56 Å². The molecule has 0 saturated carbocycles. The van der Waals surface area contributed by atoms with Crippen LogP contribution in [0.2, 0.25) is 0 Å². The number of furan rings is 1. The Labute approximate surface area is 163 Å². The molecule has 0 bridgehead atoms. The van der Waals surface area contributed by atoms with Crippen LogP contribution in [0.4, 0.5) is 0 Å². The van der Waals surface area contributed by atoms with Crippen molar-refractivity contribution in [1.29, 1.82) is 0 Å². The number of thioether (sulfide) groups is 1. The van der Waals surface area contributed by atoms with Crippen molar-refractivity contribution < 1.29 is 4.42 Å². The number of rotatable bonds is 5. The first-order chi connectivity index (χ1) is 13.8. The summed E-state index contributed by atoms with van der Waals surface area (Å²) in [5.41, 5.74) is 1.47. The number of hydrogen-bond acceptors (Lipinski definition) is 6. The number of para-hydroxylation sites is 1. The van der Waals surface area contributed by atoms with Gasteiger partial charge in [0.2, 0.25) is 5.78 Å². The molecule has 8 heteroatoms. The van der Waals surface area contributed by atoms with Gasteiger partial charge in [-0.3, -0.25) is 13.8 Å². The first kappa shape index (κ1) is 16.8. The topological polar surface area (TPSA) is 78.2 Å². The molecule has 0 spiro atoms. The monoisotopic (exact) mass is 389 g/mol. The molecule has 0 aliphatic carbocycles. The maximum atomic E-state index is 13.1. The third-order valence-electron chi connectivity index (χ3n) is 4.36. The van der Waals surface area contributed by atoms with Crippen LogP contribution in [-0.2, 0) is 12.3 Å². The van der Waals surface area contributed by atoms with E-state index < -0.39 is 0 Å². The van der Waals surface area contributed by atoms with E-state index in [1.165, 1.54) is 11.8 Å². The van der Waals surface area contributed by atoms with Gasteiger partial charge in [0, 0.05) is 24.3 Å². The van der Waals surface area contributed by atoms with Gasteiger partial charge in [-0.1, -0.05) is 23.9 Å². The molecule has 5 aromatic rings. The summed E-state index contributed by atoms with van der Waals surface area (Å²) in [4.78, 5) is 26.5. The second-order valence-corrected chi connectivity index (χ2v) is 7.17. The third-order valence-corrected chi connectivity index (χ3v) is 5.37. The van der Waals surface area contributed by atoms with Gasteiger partial charge < -0.3 is 4.42 Å². The molecular formula is C20H15N5O2S. The number of imidazole rings is 1. The highest BCUT2D eigenvalue weighted by atomic mass is 32.2. The van der Waals surface area contributed by atoms with Crippen LogP contribution in [0.5, 0.6) is 0 Å². The molecule has 0 atom stereocenters. The summed E-state index contributed by atoms with van der Waals surface area (Å²) >= 11 is 1.47. The molecule has 0 amide bonds. The smallest absolute Gasteiger partial charge is 0.262 e. The van der Waals surface area contributed by atoms with E-state index in [4.69, 9.17) is 9.40 Å². The van der Waals surface area contributed by atoms with E-state index in [0.717, 1.165) is 5.69 Å². The van der Waals surface area contributed by atoms with E-state index in [1.54, 1.807) is 23.1 Å². The Balaban J connectivity index is 1.53. The summed E-state index contributed by atoms with van der Waals surface area (Å²) in [5, 5.41) is 1.22. The molecule has 1 aromatic carbocycles. The fraction of sp³-hybridized carbons (Fsp3) is 0.100. The fourth-order valence-electron chi connectivity index (χ4n) is 3.04. The molecule has 0 radical (unpaired) electrons. The second kappa shape index (κ2) is 6.97. The lowest BCUT2D eigenvalue weighted by atomic mass is 10.2. The van der Waals surface area contributed by atoms with E-state index in [0.29, 0.717) is 39.9 Å². The molecule has 0 saturated heterocycles. The van der Waals surface area contributed by atoms with Gasteiger partial charge in [-0.2, -0.15) is 0 Å². The molecule has 5 rings (SSSR count). The molecule has 0 aliphatic heterocycles. The largest absolute Gasteiger partial charge is 0.467 e. The molecule has 7 nitrogen and oxygen atoms in total. The van der Waals surface area contributed by atoms with Gasteiger partial charge in [0.05, 0.1) is 29.4 Å². The molecule has 0 fully saturated rings. The number of hydrogen-bond donors (Lipinski definition) is 0. The second-order valence-electron chi connectivity index (χ2n) is 6.23. The average molecular weight is 389 g/mol. The Kier molecular flexibility index (Phi) is 4.17. The summed E-state index contributed by atoms with van der Waals surface area (Å²) in [6.45, 7) is 0.332. The molecule has 0 aliphatic rings. The summed E-state index contributed by atoms with van der Waals surface area (Å²) in [7, 11) is 0. The minimum absolute atomic E-state index is 0.0823. The molecule has 0 N–H and O–H groups in total. The predicted molar refractivity (Wildman–Crippen MR) is 106 cm³/mol. The molecule has 4 heterocycles. The quantitative estimate of drug-likeness (QED) is 0.339. The third kappa shape index (κ3) is 3.07. The van der Waals surface area contributed by atoms with Crippen molar-refractivity contribution in [2.45, 2.75) is 17.5 Å². The summed E-state index contributed by atoms with van der Waals surface area (Å²) < 4.78 is 8.97. The number of aromatic nitrogens is 5. The van der Waals surface area contributed by atoms with Gasteiger partial charge in [0.1, 0.15) is 5.76 Å². The molecular weight excluding hydrogens is 374 g/mol. The van der Waals surface area contributed by atoms with Crippen molar-refractivity contribution in [3.8, 4) is 0 Å². The van der Waals surface area contributed by atoms with Crippen LogP contribution in [0.15, 0.2) is 81.7 Å². The van der Waals surface area contributed by atoms with Crippen LogP contribution in [0.25, 0.3) is 16.7 Å². The van der Waals surface area contributed by atoms with Crippen LogP contribution in [0.1, 0.15) is 11.5 Å². The van der Waals surface area contributed by atoms with E-state index in [2.05, 4.69) is 9.97 Å². The standard InChI is InChI=1S/C20H15N5O2S/c26-18-16-6-1-2-7-17(16)23-20(25(18)12-15-5-3-10-27-15)28-13-14-11-24-9-4-8-21-19(24)22-14/h1-11H,12-13H2. The first-order valence-electron chi connectivity index (χ1n) is 8.71. The maximum absolute atomic E-state index is 13.1. The highest BCUT2D eigenvalue weighted by Crippen LogP contribution is 2.22. The molecule has 28 heavy (non-hydrogen) atoms. The van der Waals surface area contributed by atoms with Crippen molar-refractivity contribution in [1.82, 2.24) is 23.9 Å². The summed E-state index contributed by atoms with van der Waals surface area (Å²) in [6, 6.07) is 12.9. The first-order valence-corrected chi connectivity index (χ1v) is 9.70. The number of nitrogens with zero attached hydrogens (tertiary/aromatic N) is 5. The van der Waals surface area contributed by atoms with Crippen LogP contribution < -0.4 is 5.56 Å². The highest BCUT2D eigenvalue weighted by Gasteiger charge is 2.14. The van der Waals surface area contributed by atoms with Crippen molar-refractivity contribution in [2.75, 3.05) is 0 Å². The van der Waals surface area contributed by atoms with Crippen molar-refractivity contribution in [2.24, 2.45) is 0 Å². The van der Waals surface area contributed by atoms with Gasteiger partial charge in [-0.15, -0.1) is 0 Å². The lowest BCUT2D eigenvalue weighted by Crippen LogP contribution is -2.23. The normalized spacial score (nSPS) is 11.4. The molecule has 0 unspecified atom stereocenters. The zero-order valence-electron chi connectivity index (χ0n) is 14.7. The van der Waals surface area contributed by atoms with E-state index >= 15 is 0 Å². The van der Waals surface area contributed by atoms with Crippen LogP contribution in [0.3, 0.4) is 0 Å². The minimum atomic E-state index is -0.0823. The van der Waals surface area contributed by atoms with E-state index in [9.17, 15) is 4.79 Å². The minimum Gasteiger partial charge on any atom is -0.467 e. The average Bonchev–Trinajstić information content (AvgIpc) is 3.38. The fourth-order valence-corrected chi connectivity index (χ4v) is 3.93. The van der Waals surface area contributed by atoms with Crippen molar-refractivity contribution >= 4 is 28.4 Å². The van der Waals surface area contributed by atoms with Crippen molar-refractivity contribution in [3.63, 3.8) is 0 Å². The number of benzene rings is 1. The van der Waals surface area contributed by atoms with Crippen LogP contribution in [-0.4, -0.2) is 23.9 Å². The summed E-state index contributed by atoms with van der Waals surface area (Å²) in [5.74, 6) is 1.93. The van der Waals surface area contributed by atoms with Gasteiger partial charge in [-0.25, -0.2) is 15.0 Å². The van der Waals surface area contributed by atoms with Gasteiger partial charge in [0.15, 0.2) is 5.16 Å². The Morgan fingerprint density at radius 2 is 2.00 bits per heavy atom. The lowest BCUT2D eigenvalue weighted by molar-refractivity contribution is 0.476. The Morgan fingerprint density at radius 1 is 1.07 bits per heavy atom. The maximum Gasteiger partial charge on any atom is 0.262 e. The zero-order chi connectivity index (χ0) is 18.9. The predicted octanol–water partition coefficient (Wildman–Crippen LogP) is 3.37. The Hall–Kier alpha value is -3.39. The SMILES string of the molecule is O=c1c2ccccc2nc(SCc2cn3cccnc3n2)n1Cc1ccco1. The van der Waals surface area contributed by atoms with Crippen LogP contribution in [0, 0.1) is 0 Å². The zero-order valence-corrected chi connectivity index (χ0v) is 15.5. The number of fused-ring (bicyclic) bond motifs is 2. The van der Waals surface area contributed by atoms with Gasteiger partial charge in [-0.05, 0) is 30.3 Å². The molecule has 138 valence electrons. The summed E-state index contributed by atoms with van der Waals surface area (Å²) in [6.07, 6.45) is 7.16. The van der Waals surface area contributed by atoms with E-state index in [1.807, 2.05) is 53.2 Å². The Bertz CT molecular complexity index is 1290. The van der Waals surface area contributed by atoms with Crippen LogP contribution >= 0.6 is 11.8 Å². The van der Waals surface area contributed by atoms with Gasteiger partial charge >= 0.3 is 0 Å². The lowest BCUT2D eigenvalue weighted by Gasteiger charge is -2.11. The highest BCUT2D eigenvalue weighted by molar-refractivity contribution is 7.98.